The lowest BCUT2D eigenvalue weighted by atomic mass is 10.1. The predicted molar refractivity (Wildman–Crippen MR) is 78.5 cm³/mol. The van der Waals surface area contributed by atoms with E-state index in [4.69, 9.17) is 11.6 Å². The van der Waals surface area contributed by atoms with Crippen molar-refractivity contribution < 1.29 is 13.2 Å². The maximum absolute atomic E-state index is 12.3. The van der Waals surface area contributed by atoms with Gasteiger partial charge < -0.3 is 5.32 Å². The van der Waals surface area contributed by atoms with E-state index in [0.717, 1.165) is 29.1 Å². The molecule has 1 saturated heterocycles. The molecule has 1 aromatic rings. The zero-order valence-electron chi connectivity index (χ0n) is 12.0. The minimum atomic E-state index is -4.10. The fourth-order valence-electron chi connectivity index (χ4n) is 2.64. The second-order valence-electron chi connectivity index (χ2n) is 5.72. The minimum absolute atomic E-state index is 0.285. The van der Waals surface area contributed by atoms with Crippen LogP contribution in [0.15, 0.2) is 18.2 Å². The average Bonchev–Trinajstić information content (AvgIpc) is 2.79. The van der Waals surface area contributed by atoms with Crippen LogP contribution in [0.2, 0.25) is 5.02 Å². The zero-order chi connectivity index (χ0) is 15.5. The molecule has 2 nitrogen and oxygen atoms in total. The van der Waals surface area contributed by atoms with Crippen LogP contribution in [0, 0.1) is 12.8 Å². The van der Waals surface area contributed by atoms with Gasteiger partial charge in [0.2, 0.25) is 0 Å². The van der Waals surface area contributed by atoms with Crippen molar-refractivity contribution >= 4 is 11.6 Å². The van der Waals surface area contributed by atoms with Gasteiger partial charge in [0.1, 0.15) is 0 Å². The summed E-state index contributed by atoms with van der Waals surface area (Å²) in [5.74, 6) is 0.285. The number of hydrogen-bond donors (Lipinski definition) is 1. The van der Waals surface area contributed by atoms with Crippen LogP contribution < -0.4 is 5.32 Å². The third kappa shape index (κ3) is 5.49. The van der Waals surface area contributed by atoms with Crippen LogP contribution in [0.4, 0.5) is 13.2 Å². The highest BCUT2D eigenvalue weighted by Crippen LogP contribution is 2.22. The molecule has 1 N–H and O–H groups in total. The largest absolute Gasteiger partial charge is 0.401 e. The summed E-state index contributed by atoms with van der Waals surface area (Å²) in [5, 5.41) is 4.05. The number of rotatable bonds is 5. The Morgan fingerprint density at radius 1 is 1.38 bits per heavy atom. The molecule has 1 fully saturated rings. The van der Waals surface area contributed by atoms with Gasteiger partial charge in [0.15, 0.2) is 0 Å². The monoisotopic (exact) mass is 320 g/mol. The molecule has 1 heterocycles. The van der Waals surface area contributed by atoms with Crippen molar-refractivity contribution in [2.45, 2.75) is 26.1 Å². The number of nitrogens with one attached hydrogen (secondary N) is 1. The molecule has 0 saturated carbocycles. The Morgan fingerprint density at radius 2 is 2.14 bits per heavy atom. The Labute approximate surface area is 128 Å². The Hall–Kier alpha value is -0.780. The molecular weight excluding hydrogens is 301 g/mol. The molecule has 1 aliphatic rings. The number of likely N-dealkylation sites (tertiary alicyclic amines) is 1. The summed E-state index contributed by atoms with van der Waals surface area (Å²) in [6.45, 7) is 3.63. The van der Waals surface area contributed by atoms with Crippen LogP contribution in [0.1, 0.15) is 17.5 Å². The number of aryl methyl sites for hydroxylation is 1. The number of nitrogens with zero attached hydrogens (tertiary/aromatic N) is 1. The Bertz CT molecular complexity index is 476. The maximum atomic E-state index is 12.3. The lowest BCUT2D eigenvalue weighted by molar-refractivity contribution is -0.143. The van der Waals surface area contributed by atoms with Gasteiger partial charge in [0.25, 0.3) is 0 Å². The van der Waals surface area contributed by atoms with Crippen LogP contribution in [0.25, 0.3) is 0 Å². The van der Waals surface area contributed by atoms with Gasteiger partial charge in [0, 0.05) is 18.1 Å². The number of hydrogen-bond acceptors (Lipinski definition) is 2. The van der Waals surface area contributed by atoms with Gasteiger partial charge in [-0.2, -0.15) is 13.2 Å². The molecule has 1 atom stereocenters. The van der Waals surface area contributed by atoms with Crippen molar-refractivity contribution in [2.24, 2.45) is 5.92 Å². The molecule has 2 rings (SSSR count). The predicted octanol–water partition coefficient (Wildman–Crippen LogP) is 3.62. The first-order valence-corrected chi connectivity index (χ1v) is 7.46. The van der Waals surface area contributed by atoms with Gasteiger partial charge in [-0.1, -0.05) is 23.7 Å². The number of halogens is 4. The fraction of sp³-hybridized carbons (Fsp3) is 0.600. The fourth-order valence-corrected chi connectivity index (χ4v) is 2.85. The van der Waals surface area contributed by atoms with Gasteiger partial charge in [-0.05, 0) is 49.5 Å². The highest BCUT2D eigenvalue weighted by Gasteiger charge is 2.34. The van der Waals surface area contributed by atoms with E-state index in [0.29, 0.717) is 19.6 Å². The number of alkyl halides is 3. The van der Waals surface area contributed by atoms with Crippen LogP contribution >= 0.6 is 11.6 Å². The van der Waals surface area contributed by atoms with Crippen LogP contribution in [0.3, 0.4) is 0 Å². The third-order valence-corrected chi connectivity index (χ3v) is 4.18. The maximum Gasteiger partial charge on any atom is 0.401 e. The standard InChI is InChI=1S/C15H20ClF3N2/c1-11-2-3-12(6-14(11)16)7-20-8-13-4-5-21(9-13)10-15(17,18)19/h2-3,6,13,20H,4-5,7-10H2,1H3. The van der Waals surface area contributed by atoms with Crippen LogP contribution in [-0.2, 0) is 6.54 Å². The lowest BCUT2D eigenvalue weighted by Gasteiger charge is -2.18. The summed E-state index contributed by atoms with van der Waals surface area (Å²) in [4.78, 5) is 1.48. The topological polar surface area (TPSA) is 15.3 Å². The van der Waals surface area contributed by atoms with Gasteiger partial charge in [0.05, 0.1) is 6.54 Å². The molecule has 0 spiro atoms. The molecule has 0 aliphatic carbocycles. The first-order chi connectivity index (χ1) is 9.83. The van der Waals surface area contributed by atoms with E-state index < -0.39 is 12.7 Å². The summed E-state index contributed by atoms with van der Waals surface area (Å²) < 4.78 is 36.9. The molecule has 0 bridgehead atoms. The molecule has 0 amide bonds. The molecule has 0 aromatic heterocycles. The van der Waals surface area contributed by atoms with E-state index in [2.05, 4.69) is 5.32 Å². The molecular formula is C15H20ClF3N2. The van der Waals surface area contributed by atoms with Crippen molar-refractivity contribution in [3.63, 3.8) is 0 Å². The van der Waals surface area contributed by atoms with E-state index in [-0.39, 0.29) is 5.92 Å². The quantitative estimate of drug-likeness (QED) is 0.891. The molecule has 21 heavy (non-hydrogen) atoms. The van der Waals surface area contributed by atoms with E-state index >= 15 is 0 Å². The van der Waals surface area contributed by atoms with E-state index in [1.807, 2.05) is 25.1 Å². The molecule has 6 heteroatoms. The Morgan fingerprint density at radius 3 is 2.81 bits per heavy atom. The Balaban J connectivity index is 1.71. The first-order valence-electron chi connectivity index (χ1n) is 7.08. The van der Waals surface area contributed by atoms with E-state index in [1.165, 1.54) is 4.90 Å². The van der Waals surface area contributed by atoms with Crippen molar-refractivity contribution in [3.05, 3.63) is 34.3 Å². The minimum Gasteiger partial charge on any atom is -0.312 e. The van der Waals surface area contributed by atoms with Gasteiger partial charge >= 0.3 is 6.18 Å². The second kappa shape index (κ2) is 6.99. The molecule has 118 valence electrons. The Kier molecular flexibility index (Phi) is 5.52. The van der Waals surface area contributed by atoms with Crippen LogP contribution in [-0.4, -0.2) is 37.3 Å². The molecule has 1 aliphatic heterocycles. The summed E-state index contributed by atoms with van der Waals surface area (Å²) >= 11 is 6.06. The zero-order valence-corrected chi connectivity index (χ0v) is 12.8. The van der Waals surface area contributed by atoms with Gasteiger partial charge in [-0.3, -0.25) is 4.90 Å². The summed E-state index contributed by atoms with van der Waals surface area (Å²) in [7, 11) is 0. The normalized spacial score (nSPS) is 20.1. The van der Waals surface area contributed by atoms with Crippen LogP contribution in [0.5, 0.6) is 0 Å². The summed E-state index contributed by atoms with van der Waals surface area (Å²) in [5.41, 5.74) is 2.13. The summed E-state index contributed by atoms with van der Waals surface area (Å²) in [6.07, 6.45) is -3.28. The molecule has 1 aromatic carbocycles. The average molecular weight is 321 g/mol. The van der Waals surface area contributed by atoms with Crippen molar-refractivity contribution in [1.82, 2.24) is 10.2 Å². The van der Waals surface area contributed by atoms with Crippen molar-refractivity contribution in [3.8, 4) is 0 Å². The number of benzene rings is 1. The van der Waals surface area contributed by atoms with Gasteiger partial charge in [-0.25, -0.2) is 0 Å². The highest BCUT2D eigenvalue weighted by atomic mass is 35.5. The SMILES string of the molecule is Cc1ccc(CNCC2CCN(CC(F)(F)F)C2)cc1Cl. The second-order valence-corrected chi connectivity index (χ2v) is 6.13. The summed E-state index contributed by atoms with van der Waals surface area (Å²) in [6, 6.07) is 5.91. The molecule has 1 unspecified atom stereocenters. The lowest BCUT2D eigenvalue weighted by Crippen LogP contribution is -2.33. The van der Waals surface area contributed by atoms with Gasteiger partial charge in [-0.15, -0.1) is 0 Å². The molecule has 0 radical (unpaired) electrons. The first kappa shape index (κ1) is 16.6. The smallest absolute Gasteiger partial charge is 0.312 e. The highest BCUT2D eigenvalue weighted by molar-refractivity contribution is 6.31. The van der Waals surface area contributed by atoms with E-state index in [9.17, 15) is 13.2 Å². The third-order valence-electron chi connectivity index (χ3n) is 3.77. The van der Waals surface area contributed by atoms with E-state index in [1.54, 1.807) is 0 Å². The van der Waals surface area contributed by atoms with Crippen molar-refractivity contribution in [2.75, 3.05) is 26.2 Å². The van der Waals surface area contributed by atoms with Crippen molar-refractivity contribution in [1.29, 1.82) is 0 Å².